The number of hydrogen-bond acceptors (Lipinski definition) is 6. The summed E-state index contributed by atoms with van der Waals surface area (Å²) in [5, 5.41) is 11.8. The smallest absolute Gasteiger partial charge is 0.410 e. The minimum Gasteiger partial charge on any atom is -0.444 e. The van der Waals surface area contributed by atoms with Crippen molar-refractivity contribution >= 4 is 35.5 Å². The highest BCUT2D eigenvalue weighted by atomic mass is 32.2. The summed E-state index contributed by atoms with van der Waals surface area (Å²) >= 11 is 1.38. The SMILES string of the molecule is CC(C)c1ccccc1Sc1ccc(C=CC(=O)N2CCN(C(=O)OC(C)(C)C)CC2)cc1[N+](=O)[O-]. The minimum absolute atomic E-state index is 0.000803. The van der Waals surface area contributed by atoms with E-state index < -0.39 is 10.5 Å². The van der Waals surface area contributed by atoms with Crippen LogP contribution in [-0.4, -0.2) is 58.5 Å². The number of piperazine rings is 1. The number of carbonyl (C=O) groups excluding carboxylic acids is 2. The van der Waals surface area contributed by atoms with Gasteiger partial charge in [-0.05, 0) is 56.0 Å². The largest absolute Gasteiger partial charge is 0.444 e. The lowest BCUT2D eigenvalue weighted by atomic mass is 10.0. The molecule has 1 saturated heterocycles. The summed E-state index contributed by atoms with van der Waals surface area (Å²) < 4.78 is 5.39. The third-order valence-corrected chi connectivity index (χ3v) is 6.76. The van der Waals surface area contributed by atoms with Crippen LogP contribution < -0.4 is 0 Å². The van der Waals surface area contributed by atoms with Crippen molar-refractivity contribution in [3.05, 3.63) is 69.8 Å². The van der Waals surface area contributed by atoms with Gasteiger partial charge in [0.1, 0.15) is 5.60 Å². The Balaban J connectivity index is 1.66. The first kappa shape index (κ1) is 27.3. The topological polar surface area (TPSA) is 93.0 Å². The molecule has 3 rings (SSSR count). The van der Waals surface area contributed by atoms with Gasteiger partial charge in [0.15, 0.2) is 0 Å². The second-order valence-electron chi connectivity index (χ2n) is 9.90. The van der Waals surface area contributed by atoms with Gasteiger partial charge in [0, 0.05) is 43.2 Å². The van der Waals surface area contributed by atoms with Crippen LogP contribution in [0.3, 0.4) is 0 Å². The molecule has 9 heteroatoms. The number of nitrogens with zero attached hydrogens (tertiary/aromatic N) is 3. The summed E-state index contributed by atoms with van der Waals surface area (Å²) in [6.45, 7) is 11.2. The van der Waals surface area contributed by atoms with Crippen molar-refractivity contribution < 1.29 is 19.2 Å². The Labute approximate surface area is 216 Å². The Bertz CT molecular complexity index is 1150. The van der Waals surface area contributed by atoms with Gasteiger partial charge in [-0.2, -0.15) is 0 Å². The molecule has 2 aromatic carbocycles. The van der Waals surface area contributed by atoms with Gasteiger partial charge in [-0.25, -0.2) is 4.79 Å². The van der Waals surface area contributed by atoms with Gasteiger partial charge >= 0.3 is 6.09 Å². The van der Waals surface area contributed by atoms with Crippen molar-refractivity contribution in [2.45, 2.75) is 55.9 Å². The van der Waals surface area contributed by atoms with Gasteiger partial charge in [-0.3, -0.25) is 14.9 Å². The van der Waals surface area contributed by atoms with E-state index in [0.717, 1.165) is 10.5 Å². The Kier molecular flexibility index (Phi) is 8.79. The van der Waals surface area contributed by atoms with Crippen LogP contribution in [-0.2, 0) is 9.53 Å². The Morgan fingerprint density at radius 2 is 1.67 bits per heavy atom. The monoisotopic (exact) mass is 511 g/mol. The predicted molar refractivity (Wildman–Crippen MR) is 141 cm³/mol. The van der Waals surface area contributed by atoms with Gasteiger partial charge in [0.05, 0.1) is 9.82 Å². The number of amides is 2. The molecular weight excluding hydrogens is 478 g/mol. The van der Waals surface area contributed by atoms with Crippen LogP contribution >= 0.6 is 11.8 Å². The van der Waals surface area contributed by atoms with E-state index in [-0.39, 0.29) is 17.7 Å². The summed E-state index contributed by atoms with van der Waals surface area (Å²) in [7, 11) is 0. The molecule has 192 valence electrons. The second kappa shape index (κ2) is 11.6. The summed E-state index contributed by atoms with van der Waals surface area (Å²) in [5.74, 6) is 0.0952. The Morgan fingerprint density at radius 3 is 2.28 bits per heavy atom. The zero-order chi connectivity index (χ0) is 26.5. The summed E-state index contributed by atoms with van der Waals surface area (Å²) in [5.41, 5.74) is 1.14. The van der Waals surface area contributed by atoms with Gasteiger partial charge in [0.25, 0.3) is 5.69 Å². The number of rotatable bonds is 6. The van der Waals surface area contributed by atoms with Crippen molar-refractivity contribution in [2.75, 3.05) is 26.2 Å². The molecule has 1 heterocycles. The lowest BCUT2D eigenvalue weighted by Gasteiger charge is -2.35. The van der Waals surface area contributed by atoms with Crippen LogP contribution in [0, 0.1) is 10.1 Å². The number of hydrogen-bond donors (Lipinski definition) is 0. The maximum atomic E-state index is 12.7. The number of ether oxygens (including phenoxy) is 1. The molecule has 0 atom stereocenters. The fourth-order valence-corrected chi connectivity index (χ4v) is 4.92. The quantitative estimate of drug-likeness (QED) is 0.270. The van der Waals surface area contributed by atoms with E-state index >= 15 is 0 Å². The molecule has 2 amide bonds. The molecule has 36 heavy (non-hydrogen) atoms. The van der Waals surface area contributed by atoms with Crippen LogP contribution in [0.2, 0.25) is 0 Å². The molecule has 0 aliphatic carbocycles. The first-order valence-electron chi connectivity index (χ1n) is 11.9. The summed E-state index contributed by atoms with van der Waals surface area (Å²) in [4.78, 5) is 41.1. The molecule has 0 N–H and O–H groups in total. The fourth-order valence-electron chi connectivity index (χ4n) is 3.74. The molecule has 2 aromatic rings. The Hall–Kier alpha value is -3.33. The van der Waals surface area contributed by atoms with Gasteiger partial charge in [-0.1, -0.05) is 49.9 Å². The zero-order valence-electron chi connectivity index (χ0n) is 21.4. The predicted octanol–water partition coefficient (Wildman–Crippen LogP) is 5.96. The fraction of sp³-hybridized carbons (Fsp3) is 0.407. The normalized spacial score (nSPS) is 14.4. The van der Waals surface area contributed by atoms with Crippen molar-refractivity contribution in [1.29, 1.82) is 0 Å². The van der Waals surface area contributed by atoms with Crippen LogP contribution in [0.25, 0.3) is 6.08 Å². The second-order valence-corrected chi connectivity index (χ2v) is 11.0. The molecule has 0 unspecified atom stereocenters. The molecule has 8 nitrogen and oxygen atoms in total. The van der Waals surface area contributed by atoms with E-state index in [9.17, 15) is 19.7 Å². The van der Waals surface area contributed by atoms with Crippen LogP contribution in [0.15, 0.2) is 58.3 Å². The van der Waals surface area contributed by atoms with Crippen molar-refractivity contribution in [1.82, 2.24) is 9.80 Å². The van der Waals surface area contributed by atoms with Crippen LogP contribution in [0.5, 0.6) is 0 Å². The highest BCUT2D eigenvalue weighted by Gasteiger charge is 2.27. The van der Waals surface area contributed by atoms with Crippen molar-refractivity contribution in [3.63, 3.8) is 0 Å². The van der Waals surface area contributed by atoms with E-state index in [1.807, 2.05) is 45.0 Å². The van der Waals surface area contributed by atoms with Crippen LogP contribution in [0.1, 0.15) is 51.7 Å². The van der Waals surface area contributed by atoms with E-state index in [1.54, 1.807) is 28.0 Å². The van der Waals surface area contributed by atoms with E-state index in [2.05, 4.69) is 13.8 Å². The molecule has 1 aliphatic heterocycles. The molecule has 0 aromatic heterocycles. The molecule has 0 radical (unpaired) electrons. The van der Waals surface area contributed by atoms with Gasteiger partial charge < -0.3 is 14.5 Å². The first-order valence-corrected chi connectivity index (χ1v) is 12.8. The van der Waals surface area contributed by atoms with Crippen molar-refractivity contribution in [2.24, 2.45) is 0 Å². The average Bonchev–Trinajstić information content (AvgIpc) is 2.82. The lowest BCUT2D eigenvalue weighted by Crippen LogP contribution is -2.51. The number of carbonyl (C=O) groups is 2. The molecule has 1 aliphatic rings. The van der Waals surface area contributed by atoms with Gasteiger partial charge in [-0.15, -0.1) is 0 Å². The van der Waals surface area contributed by atoms with E-state index in [4.69, 9.17) is 4.74 Å². The molecule has 0 bridgehead atoms. The summed E-state index contributed by atoms with van der Waals surface area (Å²) in [6.07, 6.45) is 2.63. The van der Waals surface area contributed by atoms with Gasteiger partial charge in [0.2, 0.25) is 5.91 Å². The Morgan fingerprint density at radius 1 is 1.03 bits per heavy atom. The molecule has 0 spiro atoms. The maximum Gasteiger partial charge on any atom is 0.410 e. The maximum absolute atomic E-state index is 12.7. The van der Waals surface area contributed by atoms with E-state index in [0.29, 0.717) is 42.6 Å². The minimum atomic E-state index is -0.568. The zero-order valence-corrected chi connectivity index (χ0v) is 22.2. The van der Waals surface area contributed by atoms with E-state index in [1.165, 1.54) is 23.9 Å². The third-order valence-electron chi connectivity index (χ3n) is 5.60. The van der Waals surface area contributed by atoms with Crippen molar-refractivity contribution in [3.8, 4) is 0 Å². The lowest BCUT2D eigenvalue weighted by molar-refractivity contribution is -0.387. The number of nitro groups is 1. The number of benzene rings is 2. The molecule has 0 saturated carbocycles. The highest BCUT2D eigenvalue weighted by molar-refractivity contribution is 7.99. The number of nitro benzene ring substituents is 1. The standard InChI is InChI=1S/C27H33N3O5S/c1-19(2)21-8-6-7-9-23(21)36-24-12-10-20(18-22(24)30(33)34)11-13-25(31)28-14-16-29(17-15-28)26(32)35-27(3,4)5/h6-13,18-19H,14-17H2,1-5H3. The molecule has 1 fully saturated rings. The summed E-state index contributed by atoms with van der Waals surface area (Å²) in [6, 6.07) is 12.9. The average molecular weight is 512 g/mol. The third kappa shape index (κ3) is 7.34. The van der Waals surface area contributed by atoms with Crippen LogP contribution in [0.4, 0.5) is 10.5 Å². The molecular formula is C27H33N3O5S. The first-order chi connectivity index (χ1) is 16.9. The highest BCUT2D eigenvalue weighted by Crippen LogP contribution is 2.39.